The van der Waals surface area contributed by atoms with E-state index in [0.717, 1.165) is 27.5 Å². The molecule has 0 aliphatic rings. The lowest BCUT2D eigenvalue weighted by Gasteiger charge is -2.05. The number of nitrogens with zero attached hydrogens (tertiary/aromatic N) is 2. The fourth-order valence-corrected chi connectivity index (χ4v) is 3.54. The molecule has 0 aliphatic carbocycles. The number of carbonyl (C=O) groups is 1. The summed E-state index contributed by atoms with van der Waals surface area (Å²) in [7, 11) is 0. The summed E-state index contributed by atoms with van der Waals surface area (Å²) >= 11 is 3.37. The molecular weight excluding hydrogens is 414 g/mol. The molecule has 0 fully saturated rings. The SMILES string of the molecule is O=C(NN=Cc1cn(Cc2ccccc2)c2ccccc12)c1cccc(Br)c1. The zero-order valence-corrected chi connectivity index (χ0v) is 16.6. The normalized spacial score (nSPS) is 11.2. The van der Waals surface area contributed by atoms with Gasteiger partial charge in [-0.2, -0.15) is 5.10 Å². The Morgan fingerprint density at radius 2 is 1.79 bits per heavy atom. The number of hydrazone groups is 1. The Morgan fingerprint density at radius 3 is 2.61 bits per heavy atom. The van der Waals surface area contributed by atoms with E-state index in [1.165, 1.54) is 5.56 Å². The minimum absolute atomic E-state index is 0.245. The Morgan fingerprint density at radius 1 is 1.00 bits per heavy atom. The first-order valence-electron chi connectivity index (χ1n) is 8.91. The number of para-hydroxylation sites is 1. The van der Waals surface area contributed by atoms with Crippen LogP contribution in [0.3, 0.4) is 0 Å². The van der Waals surface area contributed by atoms with Gasteiger partial charge < -0.3 is 4.57 Å². The highest BCUT2D eigenvalue weighted by molar-refractivity contribution is 9.10. The number of hydrogen-bond acceptors (Lipinski definition) is 2. The summed E-state index contributed by atoms with van der Waals surface area (Å²) in [6, 6.07) is 25.7. The Labute approximate surface area is 171 Å². The highest BCUT2D eigenvalue weighted by Crippen LogP contribution is 2.21. The number of benzene rings is 3. The zero-order valence-electron chi connectivity index (χ0n) is 15.0. The maximum atomic E-state index is 12.2. The van der Waals surface area contributed by atoms with E-state index in [2.05, 4.69) is 61.5 Å². The Kier molecular flexibility index (Phi) is 5.35. The molecule has 4 nitrogen and oxygen atoms in total. The van der Waals surface area contributed by atoms with Crippen LogP contribution in [0.2, 0.25) is 0 Å². The van der Waals surface area contributed by atoms with Gasteiger partial charge in [-0.1, -0.05) is 70.5 Å². The fraction of sp³-hybridized carbons (Fsp3) is 0.0435. The quantitative estimate of drug-likeness (QED) is 0.341. The van der Waals surface area contributed by atoms with E-state index >= 15 is 0 Å². The number of rotatable bonds is 5. The average molecular weight is 432 g/mol. The van der Waals surface area contributed by atoms with Gasteiger partial charge >= 0.3 is 0 Å². The third-order valence-corrected chi connectivity index (χ3v) is 4.96. The van der Waals surface area contributed by atoms with Crippen molar-refractivity contribution in [3.8, 4) is 0 Å². The molecule has 1 N–H and O–H groups in total. The van der Waals surface area contributed by atoms with Crippen LogP contribution in [-0.4, -0.2) is 16.7 Å². The number of hydrogen-bond donors (Lipinski definition) is 1. The van der Waals surface area contributed by atoms with Crippen molar-refractivity contribution in [1.29, 1.82) is 0 Å². The third kappa shape index (κ3) is 4.05. The molecule has 1 aromatic heterocycles. The van der Waals surface area contributed by atoms with Gasteiger partial charge in [-0.05, 0) is 29.8 Å². The van der Waals surface area contributed by atoms with Crippen molar-refractivity contribution < 1.29 is 4.79 Å². The van der Waals surface area contributed by atoms with Gasteiger partial charge in [-0.3, -0.25) is 4.79 Å². The predicted octanol–water partition coefficient (Wildman–Crippen LogP) is 5.22. The van der Waals surface area contributed by atoms with Crippen molar-refractivity contribution in [2.75, 3.05) is 0 Å². The Balaban J connectivity index is 1.57. The lowest BCUT2D eigenvalue weighted by atomic mass is 10.2. The van der Waals surface area contributed by atoms with Gasteiger partial charge in [0.2, 0.25) is 0 Å². The molecule has 4 aromatic rings. The molecule has 3 aromatic carbocycles. The predicted molar refractivity (Wildman–Crippen MR) is 117 cm³/mol. The molecule has 0 aliphatic heterocycles. The fourth-order valence-electron chi connectivity index (χ4n) is 3.14. The molecule has 138 valence electrons. The van der Waals surface area contributed by atoms with E-state index in [9.17, 15) is 4.79 Å². The van der Waals surface area contributed by atoms with Crippen LogP contribution in [0.5, 0.6) is 0 Å². The van der Waals surface area contributed by atoms with Crippen molar-refractivity contribution in [2.24, 2.45) is 5.10 Å². The van der Waals surface area contributed by atoms with Crippen LogP contribution in [-0.2, 0) is 6.54 Å². The van der Waals surface area contributed by atoms with E-state index in [1.807, 2.05) is 42.5 Å². The highest BCUT2D eigenvalue weighted by Gasteiger charge is 2.08. The van der Waals surface area contributed by atoms with Gasteiger partial charge in [0.1, 0.15) is 0 Å². The van der Waals surface area contributed by atoms with Crippen LogP contribution in [0.1, 0.15) is 21.5 Å². The second-order valence-corrected chi connectivity index (χ2v) is 7.34. The van der Waals surface area contributed by atoms with Gasteiger partial charge in [0.05, 0.1) is 6.21 Å². The summed E-state index contributed by atoms with van der Waals surface area (Å²) in [6.07, 6.45) is 3.76. The molecule has 0 spiro atoms. The van der Waals surface area contributed by atoms with E-state index in [-0.39, 0.29) is 5.91 Å². The monoisotopic (exact) mass is 431 g/mol. The first-order chi connectivity index (χ1) is 13.7. The van der Waals surface area contributed by atoms with Crippen LogP contribution in [0.15, 0.2) is 94.6 Å². The number of aromatic nitrogens is 1. The maximum Gasteiger partial charge on any atom is 0.271 e. The smallest absolute Gasteiger partial charge is 0.271 e. The lowest BCUT2D eigenvalue weighted by molar-refractivity contribution is 0.0955. The third-order valence-electron chi connectivity index (χ3n) is 4.47. The molecule has 4 rings (SSSR count). The Bertz CT molecular complexity index is 1150. The van der Waals surface area contributed by atoms with Gasteiger partial charge in [0.15, 0.2) is 0 Å². The summed E-state index contributed by atoms with van der Waals surface area (Å²) in [4.78, 5) is 12.2. The molecular formula is C23H18BrN3O. The molecule has 0 bridgehead atoms. The van der Waals surface area contributed by atoms with Crippen molar-refractivity contribution >= 4 is 39.0 Å². The molecule has 1 heterocycles. The Hall–Kier alpha value is -3.18. The molecule has 5 heteroatoms. The van der Waals surface area contributed by atoms with Crippen molar-refractivity contribution in [2.45, 2.75) is 6.54 Å². The molecule has 0 unspecified atom stereocenters. The highest BCUT2D eigenvalue weighted by atomic mass is 79.9. The summed E-state index contributed by atoms with van der Waals surface area (Å²) in [5.41, 5.74) is 6.47. The maximum absolute atomic E-state index is 12.2. The van der Waals surface area contributed by atoms with Crippen LogP contribution >= 0.6 is 15.9 Å². The van der Waals surface area contributed by atoms with E-state index in [4.69, 9.17) is 0 Å². The summed E-state index contributed by atoms with van der Waals surface area (Å²) < 4.78 is 3.05. The van der Waals surface area contributed by atoms with E-state index < -0.39 is 0 Å². The standard InChI is InChI=1S/C23H18BrN3O/c24-20-10-6-9-18(13-20)23(28)26-25-14-19-16-27(15-17-7-2-1-3-8-17)22-12-5-4-11-21(19)22/h1-14,16H,15H2,(H,26,28). The number of fused-ring (bicyclic) bond motifs is 1. The van der Waals surface area contributed by atoms with Crippen LogP contribution in [0, 0.1) is 0 Å². The van der Waals surface area contributed by atoms with Crippen LogP contribution in [0.25, 0.3) is 10.9 Å². The lowest BCUT2D eigenvalue weighted by Crippen LogP contribution is -2.17. The van der Waals surface area contributed by atoms with E-state index in [1.54, 1.807) is 18.3 Å². The summed E-state index contributed by atoms with van der Waals surface area (Å²) in [5.74, 6) is -0.245. The van der Waals surface area contributed by atoms with Crippen molar-refractivity contribution in [3.63, 3.8) is 0 Å². The molecule has 0 saturated carbocycles. The second kappa shape index (κ2) is 8.23. The van der Waals surface area contributed by atoms with Gasteiger partial charge in [0.25, 0.3) is 5.91 Å². The number of carbonyl (C=O) groups excluding carboxylic acids is 1. The first-order valence-corrected chi connectivity index (χ1v) is 9.71. The minimum Gasteiger partial charge on any atom is -0.342 e. The average Bonchev–Trinajstić information content (AvgIpc) is 3.06. The number of nitrogens with one attached hydrogen (secondary N) is 1. The van der Waals surface area contributed by atoms with Gasteiger partial charge in [-0.15, -0.1) is 0 Å². The summed E-state index contributed by atoms with van der Waals surface area (Å²) in [6.45, 7) is 0.777. The summed E-state index contributed by atoms with van der Waals surface area (Å²) in [5, 5.41) is 5.26. The van der Waals surface area contributed by atoms with Crippen LogP contribution < -0.4 is 5.43 Å². The largest absolute Gasteiger partial charge is 0.342 e. The molecule has 1 amide bonds. The minimum atomic E-state index is -0.245. The number of amides is 1. The number of halogens is 1. The molecule has 0 saturated heterocycles. The van der Waals surface area contributed by atoms with Crippen molar-refractivity contribution in [1.82, 2.24) is 9.99 Å². The van der Waals surface area contributed by atoms with Gasteiger partial charge in [-0.25, -0.2) is 5.43 Å². The van der Waals surface area contributed by atoms with Gasteiger partial charge in [0, 0.05) is 39.2 Å². The topological polar surface area (TPSA) is 46.4 Å². The zero-order chi connectivity index (χ0) is 19.3. The molecule has 0 radical (unpaired) electrons. The van der Waals surface area contributed by atoms with Crippen LogP contribution in [0.4, 0.5) is 0 Å². The molecule has 28 heavy (non-hydrogen) atoms. The second-order valence-electron chi connectivity index (χ2n) is 6.42. The first kappa shape index (κ1) is 18.2. The molecule has 0 atom stereocenters. The van der Waals surface area contributed by atoms with E-state index in [0.29, 0.717) is 5.56 Å². The van der Waals surface area contributed by atoms with Crippen molar-refractivity contribution in [3.05, 3.63) is 106 Å².